The first-order chi connectivity index (χ1) is 8.50. The predicted molar refractivity (Wildman–Crippen MR) is 60.4 cm³/mol. The van der Waals surface area contributed by atoms with Crippen molar-refractivity contribution in [2.24, 2.45) is 0 Å². The highest BCUT2D eigenvalue weighted by atomic mass is 32.1. The molecular weight excluding hydrogens is 268 g/mol. The molecule has 1 heterocycles. The minimum Gasteiger partial charge on any atom is -0.371 e. The quantitative estimate of drug-likeness (QED) is 0.680. The van der Waals surface area contributed by atoms with Gasteiger partial charge in [0, 0.05) is 17.6 Å². The molecule has 0 spiro atoms. The molecule has 2 aromatic rings. The normalized spacial score (nSPS) is 12.5. The zero-order valence-electron chi connectivity index (χ0n) is 9.18. The molecule has 18 heavy (non-hydrogen) atoms. The average Bonchev–Trinajstić information content (AvgIpc) is 2.85. The van der Waals surface area contributed by atoms with E-state index in [0.29, 0.717) is 5.01 Å². The van der Waals surface area contributed by atoms with Gasteiger partial charge in [0.2, 0.25) is 0 Å². The minimum atomic E-state index is -1.45. The molecule has 0 bridgehead atoms. The third-order valence-corrected chi connectivity index (χ3v) is 3.25. The van der Waals surface area contributed by atoms with Crippen molar-refractivity contribution in [3.8, 4) is 0 Å². The number of benzene rings is 1. The fourth-order valence-electron chi connectivity index (χ4n) is 1.43. The maximum atomic E-state index is 13.4. The second kappa shape index (κ2) is 4.93. The van der Waals surface area contributed by atoms with E-state index in [-0.39, 0.29) is 6.07 Å². The van der Waals surface area contributed by atoms with Gasteiger partial charge in [0.15, 0.2) is 23.3 Å². The molecule has 0 radical (unpaired) electrons. The van der Waals surface area contributed by atoms with Gasteiger partial charge in [-0.05, 0) is 6.92 Å². The van der Waals surface area contributed by atoms with E-state index in [4.69, 9.17) is 0 Å². The number of thiazole rings is 1. The predicted octanol–water partition coefficient (Wildman–Crippen LogP) is 3.87. The zero-order chi connectivity index (χ0) is 13.3. The summed E-state index contributed by atoms with van der Waals surface area (Å²) in [4.78, 5) is 3.94. The number of rotatable bonds is 3. The lowest BCUT2D eigenvalue weighted by molar-refractivity contribution is 0.457. The molecule has 1 unspecified atom stereocenters. The molecule has 96 valence electrons. The van der Waals surface area contributed by atoms with Gasteiger partial charge in [-0.25, -0.2) is 22.5 Å². The zero-order valence-corrected chi connectivity index (χ0v) is 9.99. The summed E-state index contributed by atoms with van der Waals surface area (Å²) in [5, 5.41) is 4.62. The van der Waals surface area contributed by atoms with Crippen LogP contribution in [0.1, 0.15) is 18.0 Å². The van der Waals surface area contributed by atoms with Crippen LogP contribution in [0.2, 0.25) is 0 Å². The van der Waals surface area contributed by atoms with E-state index in [1.54, 1.807) is 12.3 Å². The Labute approximate surface area is 104 Å². The van der Waals surface area contributed by atoms with Crippen molar-refractivity contribution in [2.75, 3.05) is 5.32 Å². The molecule has 2 nitrogen and oxygen atoms in total. The van der Waals surface area contributed by atoms with Crippen LogP contribution >= 0.6 is 11.3 Å². The van der Waals surface area contributed by atoms with Crippen LogP contribution in [0.25, 0.3) is 0 Å². The third kappa shape index (κ3) is 2.31. The molecule has 2 rings (SSSR count). The van der Waals surface area contributed by atoms with Crippen LogP contribution in [0.4, 0.5) is 23.2 Å². The van der Waals surface area contributed by atoms with Crippen LogP contribution in [0.15, 0.2) is 17.6 Å². The number of anilines is 1. The lowest BCUT2D eigenvalue weighted by atomic mass is 10.2. The summed E-state index contributed by atoms with van der Waals surface area (Å²) in [6.07, 6.45) is 1.52. The van der Waals surface area contributed by atoms with Crippen LogP contribution in [0, 0.1) is 23.3 Å². The highest BCUT2D eigenvalue weighted by Crippen LogP contribution is 2.28. The smallest absolute Gasteiger partial charge is 0.185 e. The molecule has 1 N–H and O–H groups in total. The van der Waals surface area contributed by atoms with E-state index < -0.39 is 35.0 Å². The van der Waals surface area contributed by atoms with Crippen LogP contribution in [-0.4, -0.2) is 4.98 Å². The van der Waals surface area contributed by atoms with Gasteiger partial charge in [-0.2, -0.15) is 0 Å². The molecule has 0 saturated heterocycles. The Morgan fingerprint density at radius 1 is 1.17 bits per heavy atom. The van der Waals surface area contributed by atoms with E-state index in [1.165, 1.54) is 17.5 Å². The summed E-state index contributed by atoms with van der Waals surface area (Å²) in [6, 6.07) is -0.389. The Hall–Kier alpha value is -1.63. The fraction of sp³-hybridized carbons (Fsp3) is 0.182. The number of hydrogen-bond acceptors (Lipinski definition) is 3. The van der Waals surface area contributed by atoms with Crippen LogP contribution < -0.4 is 5.32 Å². The summed E-state index contributed by atoms with van der Waals surface area (Å²) in [5.74, 6) is -5.78. The van der Waals surface area contributed by atoms with Crippen molar-refractivity contribution in [1.82, 2.24) is 4.98 Å². The average molecular weight is 276 g/mol. The van der Waals surface area contributed by atoms with Gasteiger partial charge in [-0.3, -0.25) is 0 Å². The van der Waals surface area contributed by atoms with Crippen molar-refractivity contribution in [2.45, 2.75) is 13.0 Å². The molecule has 0 aliphatic rings. The Kier molecular flexibility index (Phi) is 3.51. The van der Waals surface area contributed by atoms with Crippen molar-refractivity contribution >= 4 is 17.0 Å². The summed E-state index contributed by atoms with van der Waals surface area (Å²) in [5.41, 5.74) is -0.824. The Morgan fingerprint density at radius 3 is 2.28 bits per heavy atom. The number of nitrogens with zero attached hydrogens (tertiary/aromatic N) is 1. The fourth-order valence-corrected chi connectivity index (χ4v) is 2.07. The molecule has 0 aliphatic carbocycles. The highest BCUT2D eigenvalue weighted by Gasteiger charge is 2.21. The maximum absolute atomic E-state index is 13.4. The van der Waals surface area contributed by atoms with Crippen molar-refractivity contribution in [3.05, 3.63) is 45.9 Å². The molecule has 0 fully saturated rings. The van der Waals surface area contributed by atoms with Gasteiger partial charge in [0.05, 0.1) is 6.04 Å². The lowest BCUT2D eigenvalue weighted by Crippen LogP contribution is -2.11. The molecule has 7 heteroatoms. The molecule has 1 aromatic heterocycles. The van der Waals surface area contributed by atoms with E-state index in [0.717, 1.165) is 0 Å². The molecule has 0 saturated carbocycles. The summed E-state index contributed by atoms with van der Waals surface area (Å²) >= 11 is 1.26. The van der Waals surface area contributed by atoms with Crippen molar-refractivity contribution in [3.63, 3.8) is 0 Å². The number of nitrogens with one attached hydrogen (secondary N) is 1. The number of halogens is 4. The Balaban J connectivity index is 2.34. The van der Waals surface area contributed by atoms with Gasteiger partial charge in [0.1, 0.15) is 10.7 Å². The first-order valence-electron chi connectivity index (χ1n) is 4.99. The first kappa shape index (κ1) is 12.8. The summed E-state index contributed by atoms with van der Waals surface area (Å²) in [7, 11) is 0. The SMILES string of the molecule is CC(Nc1c(F)c(F)cc(F)c1F)c1nccs1. The number of hydrogen-bond donors (Lipinski definition) is 1. The van der Waals surface area contributed by atoms with Crippen molar-refractivity contribution in [1.29, 1.82) is 0 Å². The Bertz CT molecular complexity index is 530. The topological polar surface area (TPSA) is 24.9 Å². The van der Waals surface area contributed by atoms with Crippen molar-refractivity contribution < 1.29 is 17.6 Å². The lowest BCUT2D eigenvalue weighted by Gasteiger charge is -2.14. The van der Waals surface area contributed by atoms with E-state index in [2.05, 4.69) is 10.3 Å². The highest BCUT2D eigenvalue weighted by molar-refractivity contribution is 7.09. The first-order valence-corrected chi connectivity index (χ1v) is 5.87. The summed E-state index contributed by atoms with van der Waals surface area (Å²) < 4.78 is 52.7. The van der Waals surface area contributed by atoms with E-state index >= 15 is 0 Å². The maximum Gasteiger partial charge on any atom is 0.185 e. The van der Waals surface area contributed by atoms with Gasteiger partial charge in [0.25, 0.3) is 0 Å². The standard InChI is InChI=1S/C11H8F4N2S/c1-5(11-16-2-3-18-11)17-10-8(14)6(12)4-7(13)9(10)15/h2-5,17H,1H3. The van der Waals surface area contributed by atoms with Gasteiger partial charge < -0.3 is 5.32 Å². The minimum absolute atomic E-state index is 0.171. The number of aromatic nitrogens is 1. The van der Waals surface area contributed by atoms with Crippen LogP contribution in [0.5, 0.6) is 0 Å². The molecule has 1 atom stereocenters. The second-order valence-corrected chi connectivity index (χ2v) is 4.51. The molecule has 1 aromatic carbocycles. The largest absolute Gasteiger partial charge is 0.371 e. The summed E-state index contributed by atoms with van der Waals surface area (Å²) in [6.45, 7) is 1.58. The second-order valence-electron chi connectivity index (χ2n) is 3.58. The molecular formula is C11H8F4N2S. The Morgan fingerprint density at radius 2 is 1.78 bits per heavy atom. The van der Waals surface area contributed by atoms with Crippen LogP contribution in [-0.2, 0) is 0 Å². The van der Waals surface area contributed by atoms with E-state index in [9.17, 15) is 17.6 Å². The van der Waals surface area contributed by atoms with Crippen LogP contribution in [0.3, 0.4) is 0 Å². The van der Waals surface area contributed by atoms with E-state index in [1.807, 2.05) is 0 Å². The molecule has 0 aliphatic heterocycles. The third-order valence-electron chi connectivity index (χ3n) is 2.29. The van der Waals surface area contributed by atoms with Gasteiger partial charge in [-0.15, -0.1) is 11.3 Å². The van der Waals surface area contributed by atoms with Gasteiger partial charge >= 0.3 is 0 Å². The monoisotopic (exact) mass is 276 g/mol. The van der Waals surface area contributed by atoms with Gasteiger partial charge in [-0.1, -0.05) is 0 Å². The molecule has 0 amide bonds.